The molecule has 1 saturated carbocycles. The molecule has 0 atom stereocenters. The number of anilines is 1. The maximum absolute atomic E-state index is 15.3. The van der Waals surface area contributed by atoms with Crippen molar-refractivity contribution >= 4 is 40.4 Å². The Morgan fingerprint density at radius 2 is 2.09 bits per heavy atom. The van der Waals surface area contributed by atoms with Gasteiger partial charge in [-0.25, -0.2) is 14.1 Å². The fourth-order valence-corrected chi connectivity index (χ4v) is 3.68. The number of nitrogens with zero attached hydrogens (tertiary/aromatic N) is 6. The minimum atomic E-state index is -0.553. The van der Waals surface area contributed by atoms with Crippen LogP contribution in [0.25, 0.3) is 27.7 Å². The fourth-order valence-electron chi connectivity index (χ4n) is 3.36. The van der Waals surface area contributed by atoms with E-state index in [2.05, 4.69) is 30.8 Å². The first kappa shape index (κ1) is 20.1. The highest BCUT2D eigenvalue weighted by Gasteiger charge is 2.22. The van der Waals surface area contributed by atoms with Crippen LogP contribution in [0.4, 0.5) is 10.2 Å². The lowest BCUT2D eigenvalue weighted by molar-refractivity contribution is -0.105. The lowest BCUT2D eigenvalue weighted by Crippen LogP contribution is -2.05. The number of hydrogen-bond acceptors (Lipinski definition) is 5. The number of benzene rings is 1. The van der Waals surface area contributed by atoms with Gasteiger partial charge in [-0.2, -0.15) is 5.10 Å². The highest BCUT2D eigenvalue weighted by Crippen LogP contribution is 2.39. The molecule has 0 bridgehead atoms. The number of fused-ring (bicyclic) bond motifs is 2. The van der Waals surface area contributed by atoms with E-state index < -0.39 is 5.82 Å². The number of pyridine rings is 1. The summed E-state index contributed by atoms with van der Waals surface area (Å²) in [5.41, 5.74) is 2.69. The van der Waals surface area contributed by atoms with Crippen molar-refractivity contribution in [2.24, 2.45) is 0 Å². The number of H-pyrrole nitrogens is 1. The average molecular weight is 453 g/mol. The second-order valence-corrected chi connectivity index (χ2v) is 7.75. The molecule has 162 valence electrons. The minimum Gasteiger partial charge on any atom is -0.312 e. The van der Waals surface area contributed by atoms with E-state index in [0.29, 0.717) is 45.5 Å². The van der Waals surface area contributed by atoms with Gasteiger partial charge in [0.2, 0.25) is 6.41 Å². The molecule has 1 amide bonds. The molecule has 0 radical (unpaired) electrons. The summed E-state index contributed by atoms with van der Waals surface area (Å²) in [4.78, 5) is 14.9. The quantitative estimate of drug-likeness (QED) is 0.391. The summed E-state index contributed by atoms with van der Waals surface area (Å²) in [5.74, 6) is -0.144. The van der Waals surface area contributed by atoms with E-state index in [-0.39, 0.29) is 11.6 Å². The SMILES string of the molecule is C1CC1.O=CNc1cn2cc(-c3c(Cl)c(F)c(Cn4ccnn4)c4[nH]ncc34)ccc2n1. The number of imidazole rings is 1. The van der Waals surface area contributed by atoms with Crippen molar-refractivity contribution in [1.82, 2.24) is 34.6 Å². The Morgan fingerprint density at radius 3 is 2.81 bits per heavy atom. The van der Waals surface area contributed by atoms with Gasteiger partial charge in [0, 0.05) is 34.5 Å². The molecule has 0 aliphatic heterocycles. The van der Waals surface area contributed by atoms with E-state index in [1.807, 2.05) is 0 Å². The number of nitrogens with one attached hydrogen (secondary N) is 2. The molecule has 2 N–H and O–H groups in total. The van der Waals surface area contributed by atoms with Gasteiger partial charge in [0.25, 0.3) is 0 Å². The first-order valence-electron chi connectivity index (χ1n) is 10.0. The fraction of sp³-hybridized carbons (Fsp3) is 0.190. The van der Waals surface area contributed by atoms with Crippen molar-refractivity contribution in [3.8, 4) is 11.1 Å². The van der Waals surface area contributed by atoms with Crippen LogP contribution in [-0.4, -0.2) is 41.0 Å². The molecule has 0 saturated heterocycles. The van der Waals surface area contributed by atoms with Gasteiger partial charge in [0.15, 0.2) is 5.82 Å². The molecule has 32 heavy (non-hydrogen) atoms. The molecule has 1 fully saturated rings. The van der Waals surface area contributed by atoms with Crippen molar-refractivity contribution in [2.45, 2.75) is 25.8 Å². The van der Waals surface area contributed by atoms with Crippen LogP contribution in [0, 0.1) is 5.82 Å². The maximum atomic E-state index is 15.3. The molecule has 4 heterocycles. The van der Waals surface area contributed by atoms with Crippen molar-refractivity contribution in [3.05, 3.63) is 59.5 Å². The van der Waals surface area contributed by atoms with Gasteiger partial charge in [-0.15, -0.1) is 5.10 Å². The van der Waals surface area contributed by atoms with Crippen molar-refractivity contribution in [3.63, 3.8) is 0 Å². The number of aromatic amines is 1. The van der Waals surface area contributed by atoms with Gasteiger partial charge >= 0.3 is 0 Å². The third-order valence-electron chi connectivity index (χ3n) is 4.98. The van der Waals surface area contributed by atoms with Crippen LogP contribution in [0.3, 0.4) is 0 Å². The topological polar surface area (TPSA) is 106 Å². The number of halogens is 2. The van der Waals surface area contributed by atoms with Crippen LogP contribution < -0.4 is 5.32 Å². The molecule has 4 aromatic heterocycles. The van der Waals surface area contributed by atoms with Gasteiger partial charge < -0.3 is 9.72 Å². The summed E-state index contributed by atoms with van der Waals surface area (Å²) in [5, 5.41) is 17.7. The molecule has 0 unspecified atom stereocenters. The first-order valence-corrected chi connectivity index (χ1v) is 10.4. The zero-order valence-corrected chi connectivity index (χ0v) is 17.6. The Labute approximate surface area is 186 Å². The van der Waals surface area contributed by atoms with Crippen LogP contribution in [0.1, 0.15) is 24.8 Å². The second-order valence-electron chi connectivity index (χ2n) is 7.37. The number of rotatable bonds is 5. The Balaban J connectivity index is 0.000000666. The Bertz CT molecular complexity index is 1400. The molecule has 5 aromatic rings. The molecule has 11 heteroatoms. The lowest BCUT2D eigenvalue weighted by Gasteiger charge is -2.13. The summed E-state index contributed by atoms with van der Waals surface area (Å²) < 4.78 is 18.5. The molecular formula is C21H18ClFN8O. The zero-order valence-electron chi connectivity index (χ0n) is 16.8. The highest BCUT2D eigenvalue weighted by atomic mass is 35.5. The van der Waals surface area contributed by atoms with Crippen molar-refractivity contribution < 1.29 is 9.18 Å². The molecular weight excluding hydrogens is 435 g/mol. The van der Waals surface area contributed by atoms with E-state index >= 15 is 4.39 Å². The number of amides is 1. The molecule has 0 spiro atoms. The predicted molar refractivity (Wildman–Crippen MR) is 118 cm³/mol. The summed E-state index contributed by atoms with van der Waals surface area (Å²) in [6.07, 6.45) is 13.2. The second kappa shape index (κ2) is 8.39. The monoisotopic (exact) mass is 452 g/mol. The standard InChI is InChI=1S/C18H12ClFN8O.C3H6/c19-16-15(10-1-2-14-24-13(21-9-29)8-27(14)6-10)11-5-23-25-18(11)12(17(16)20)7-28-4-3-22-26-28;1-2-3-1/h1-6,8-9H,7H2,(H,21,29)(H,23,25);1-3H2. The van der Waals surface area contributed by atoms with Gasteiger partial charge in [-0.3, -0.25) is 9.89 Å². The van der Waals surface area contributed by atoms with E-state index in [0.717, 1.165) is 0 Å². The van der Waals surface area contributed by atoms with Crippen LogP contribution in [0.2, 0.25) is 5.02 Å². The normalized spacial score (nSPS) is 12.6. The Morgan fingerprint density at radius 1 is 1.25 bits per heavy atom. The third-order valence-corrected chi connectivity index (χ3v) is 5.33. The highest BCUT2D eigenvalue weighted by molar-refractivity contribution is 6.35. The Kier molecular flexibility index (Phi) is 5.28. The van der Waals surface area contributed by atoms with E-state index in [4.69, 9.17) is 11.6 Å². The molecule has 9 nitrogen and oxygen atoms in total. The van der Waals surface area contributed by atoms with Crippen LogP contribution in [-0.2, 0) is 11.3 Å². The van der Waals surface area contributed by atoms with E-state index in [9.17, 15) is 4.79 Å². The molecule has 1 aliphatic carbocycles. The Hall–Kier alpha value is -3.79. The van der Waals surface area contributed by atoms with Crippen molar-refractivity contribution in [2.75, 3.05) is 5.32 Å². The molecule has 1 aliphatic rings. The van der Waals surface area contributed by atoms with Gasteiger partial charge in [0.05, 0.1) is 35.7 Å². The average Bonchev–Trinajstić information content (AvgIpc) is 3.27. The lowest BCUT2D eigenvalue weighted by atomic mass is 9.99. The van der Waals surface area contributed by atoms with Gasteiger partial charge in [-0.1, -0.05) is 36.1 Å². The number of aromatic nitrogens is 7. The smallest absolute Gasteiger partial charge is 0.212 e. The maximum Gasteiger partial charge on any atom is 0.212 e. The third kappa shape index (κ3) is 3.80. The summed E-state index contributed by atoms with van der Waals surface area (Å²) in [6, 6.07) is 3.55. The summed E-state index contributed by atoms with van der Waals surface area (Å²) in [6.45, 7) is 0.159. The summed E-state index contributed by atoms with van der Waals surface area (Å²) >= 11 is 6.47. The zero-order chi connectivity index (χ0) is 22.1. The van der Waals surface area contributed by atoms with E-state index in [1.54, 1.807) is 41.3 Å². The number of carbonyl (C=O) groups is 1. The summed E-state index contributed by atoms with van der Waals surface area (Å²) in [7, 11) is 0. The van der Waals surface area contributed by atoms with Crippen molar-refractivity contribution in [1.29, 1.82) is 0 Å². The van der Waals surface area contributed by atoms with Crippen LogP contribution in [0.15, 0.2) is 43.1 Å². The predicted octanol–water partition coefficient (Wildman–Crippen LogP) is 4.05. The van der Waals surface area contributed by atoms with Crippen LogP contribution >= 0.6 is 11.6 Å². The minimum absolute atomic E-state index is 0.0141. The van der Waals surface area contributed by atoms with Gasteiger partial charge in [0.1, 0.15) is 11.5 Å². The number of hydrogen-bond donors (Lipinski definition) is 2. The largest absolute Gasteiger partial charge is 0.312 e. The molecule has 1 aromatic carbocycles. The molecule has 6 rings (SSSR count). The van der Waals surface area contributed by atoms with Gasteiger partial charge in [-0.05, 0) is 12.1 Å². The van der Waals surface area contributed by atoms with Crippen LogP contribution in [0.5, 0.6) is 0 Å². The first-order chi connectivity index (χ1) is 15.7. The van der Waals surface area contributed by atoms with E-state index in [1.165, 1.54) is 30.1 Å². The number of carbonyl (C=O) groups excluding carboxylic acids is 1.